The van der Waals surface area contributed by atoms with E-state index >= 15 is 0 Å². The molecule has 1 aromatic carbocycles. The van der Waals surface area contributed by atoms with Crippen LogP contribution in [0.25, 0.3) is 11.1 Å². The summed E-state index contributed by atoms with van der Waals surface area (Å²) in [6.45, 7) is 8.70. The number of halogens is 1. The standard InChI is InChI=1S/C20H23FN6O2/c1-11(2)22-6-13-9-27(10-13)18-8-23-16(7-24-18)20(28)26-14-4-15(21)19-17(5-14)29-12(3)25-19/h4-5,7-8,11,13,22H,6,9-10H2,1-3H3,(H,26,28). The van der Waals surface area contributed by atoms with Crippen molar-refractivity contribution in [3.63, 3.8) is 0 Å². The van der Waals surface area contributed by atoms with Crippen molar-refractivity contribution in [2.45, 2.75) is 26.8 Å². The lowest BCUT2D eigenvalue weighted by Crippen LogP contribution is -2.52. The van der Waals surface area contributed by atoms with E-state index in [0.717, 1.165) is 25.5 Å². The summed E-state index contributed by atoms with van der Waals surface area (Å²) < 4.78 is 19.5. The minimum Gasteiger partial charge on any atom is -0.441 e. The van der Waals surface area contributed by atoms with Gasteiger partial charge >= 0.3 is 0 Å². The average Bonchev–Trinajstić information content (AvgIpc) is 3.01. The van der Waals surface area contributed by atoms with Crippen molar-refractivity contribution >= 4 is 28.5 Å². The maximum Gasteiger partial charge on any atom is 0.275 e. The molecule has 1 aliphatic rings. The molecule has 1 aliphatic heterocycles. The Labute approximate surface area is 167 Å². The second-order valence-electron chi connectivity index (χ2n) is 7.59. The van der Waals surface area contributed by atoms with Crippen molar-refractivity contribution in [1.82, 2.24) is 20.3 Å². The number of aromatic nitrogens is 3. The van der Waals surface area contributed by atoms with Crippen LogP contribution in [0.15, 0.2) is 28.9 Å². The van der Waals surface area contributed by atoms with Crippen LogP contribution in [0.4, 0.5) is 15.9 Å². The number of oxazole rings is 1. The third-order valence-corrected chi connectivity index (χ3v) is 4.78. The lowest BCUT2D eigenvalue weighted by Gasteiger charge is -2.40. The predicted molar refractivity (Wildman–Crippen MR) is 108 cm³/mol. The van der Waals surface area contributed by atoms with E-state index in [0.29, 0.717) is 17.9 Å². The summed E-state index contributed by atoms with van der Waals surface area (Å²) in [7, 11) is 0. The zero-order valence-electron chi connectivity index (χ0n) is 16.6. The highest BCUT2D eigenvalue weighted by Gasteiger charge is 2.28. The van der Waals surface area contributed by atoms with Crippen molar-refractivity contribution in [3.05, 3.63) is 41.9 Å². The van der Waals surface area contributed by atoms with E-state index in [2.05, 4.69) is 44.3 Å². The Morgan fingerprint density at radius 2 is 2.10 bits per heavy atom. The first kappa shape index (κ1) is 19.3. The molecule has 1 amide bonds. The van der Waals surface area contributed by atoms with Gasteiger partial charge in [-0.2, -0.15) is 0 Å². The number of hydrogen-bond donors (Lipinski definition) is 2. The topological polar surface area (TPSA) is 96.2 Å². The Morgan fingerprint density at radius 1 is 1.31 bits per heavy atom. The first-order valence-electron chi connectivity index (χ1n) is 9.57. The molecule has 0 unspecified atom stereocenters. The molecule has 8 nitrogen and oxygen atoms in total. The molecule has 1 saturated heterocycles. The van der Waals surface area contributed by atoms with Crippen LogP contribution in [0.3, 0.4) is 0 Å². The van der Waals surface area contributed by atoms with Gasteiger partial charge in [-0.25, -0.2) is 19.3 Å². The molecule has 4 rings (SSSR count). The SMILES string of the molecule is Cc1nc2c(F)cc(NC(=O)c3cnc(N4CC(CNC(C)C)C4)cn3)cc2o1. The number of nitrogens with one attached hydrogen (secondary N) is 2. The summed E-state index contributed by atoms with van der Waals surface area (Å²) >= 11 is 0. The van der Waals surface area contributed by atoms with Crippen molar-refractivity contribution < 1.29 is 13.6 Å². The van der Waals surface area contributed by atoms with Gasteiger partial charge in [0.1, 0.15) is 17.0 Å². The zero-order chi connectivity index (χ0) is 20.5. The van der Waals surface area contributed by atoms with Crippen molar-refractivity contribution in [2.75, 3.05) is 29.9 Å². The third kappa shape index (κ3) is 4.19. The van der Waals surface area contributed by atoms with E-state index in [1.54, 1.807) is 13.1 Å². The highest BCUT2D eigenvalue weighted by Crippen LogP contribution is 2.24. The fraction of sp³-hybridized carbons (Fsp3) is 0.400. The normalized spacial score (nSPS) is 14.4. The highest BCUT2D eigenvalue weighted by atomic mass is 19.1. The van der Waals surface area contributed by atoms with Crippen LogP contribution in [-0.2, 0) is 0 Å². The van der Waals surface area contributed by atoms with E-state index < -0.39 is 11.7 Å². The number of anilines is 2. The molecule has 0 aliphatic carbocycles. The molecule has 0 bridgehead atoms. The average molecular weight is 398 g/mol. The molecule has 29 heavy (non-hydrogen) atoms. The fourth-order valence-electron chi connectivity index (χ4n) is 3.26. The smallest absolute Gasteiger partial charge is 0.275 e. The van der Waals surface area contributed by atoms with E-state index in [4.69, 9.17) is 4.42 Å². The Balaban J connectivity index is 1.38. The van der Waals surface area contributed by atoms with Crippen LogP contribution in [0.5, 0.6) is 0 Å². The second-order valence-corrected chi connectivity index (χ2v) is 7.59. The van der Waals surface area contributed by atoms with E-state index in [1.165, 1.54) is 18.3 Å². The fourth-order valence-corrected chi connectivity index (χ4v) is 3.26. The first-order chi connectivity index (χ1) is 13.9. The summed E-state index contributed by atoms with van der Waals surface area (Å²) in [6, 6.07) is 3.21. The predicted octanol–water partition coefficient (Wildman–Crippen LogP) is 2.75. The maximum absolute atomic E-state index is 14.1. The molecule has 9 heteroatoms. The second kappa shape index (κ2) is 7.75. The summed E-state index contributed by atoms with van der Waals surface area (Å²) in [5.74, 6) is 0.660. The molecular weight excluding hydrogens is 375 g/mol. The van der Waals surface area contributed by atoms with Crippen LogP contribution < -0.4 is 15.5 Å². The van der Waals surface area contributed by atoms with Crippen LogP contribution in [0, 0.1) is 18.7 Å². The molecule has 0 radical (unpaired) electrons. The molecule has 0 atom stereocenters. The summed E-state index contributed by atoms with van der Waals surface area (Å²) in [5.41, 5.74) is 0.839. The quantitative estimate of drug-likeness (QED) is 0.659. The zero-order valence-corrected chi connectivity index (χ0v) is 16.6. The first-order valence-corrected chi connectivity index (χ1v) is 9.57. The summed E-state index contributed by atoms with van der Waals surface area (Å²) in [6.07, 6.45) is 3.02. The lowest BCUT2D eigenvalue weighted by molar-refractivity contribution is 0.102. The highest BCUT2D eigenvalue weighted by molar-refractivity contribution is 6.03. The number of amides is 1. The Kier molecular flexibility index (Phi) is 5.14. The van der Waals surface area contributed by atoms with Gasteiger partial charge in [-0.15, -0.1) is 0 Å². The van der Waals surface area contributed by atoms with Gasteiger partial charge in [0.2, 0.25) is 0 Å². The van der Waals surface area contributed by atoms with Gasteiger partial charge in [0.15, 0.2) is 17.3 Å². The van der Waals surface area contributed by atoms with Gasteiger partial charge in [0.05, 0.1) is 12.4 Å². The minimum atomic E-state index is -0.560. The number of fused-ring (bicyclic) bond motifs is 1. The van der Waals surface area contributed by atoms with E-state index in [9.17, 15) is 9.18 Å². The Morgan fingerprint density at radius 3 is 2.79 bits per heavy atom. The molecule has 1 fully saturated rings. The molecule has 3 aromatic rings. The molecule has 152 valence electrons. The number of hydrogen-bond acceptors (Lipinski definition) is 7. The van der Waals surface area contributed by atoms with Crippen LogP contribution in [0.1, 0.15) is 30.2 Å². The number of aryl methyl sites for hydroxylation is 1. The largest absolute Gasteiger partial charge is 0.441 e. The molecular formula is C20H23FN6O2. The van der Waals surface area contributed by atoms with Gasteiger partial charge in [-0.3, -0.25) is 4.79 Å². The number of carbonyl (C=O) groups excluding carboxylic acids is 1. The van der Waals surface area contributed by atoms with Gasteiger partial charge in [0.25, 0.3) is 5.91 Å². The monoisotopic (exact) mass is 398 g/mol. The van der Waals surface area contributed by atoms with Crippen molar-refractivity contribution in [3.8, 4) is 0 Å². The van der Waals surface area contributed by atoms with E-state index in [1.807, 2.05) is 0 Å². The molecule has 3 heterocycles. The Bertz CT molecular complexity index is 1030. The van der Waals surface area contributed by atoms with Crippen LogP contribution in [0.2, 0.25) is 0 Å². The van der Waals surface area contributed by atoms with Crippen molar-refractivity contribution in [2.24, 2.45) is 5.92 Å². The molecule has 0 spiro atoms. The van der Waals surface area contributed by atoms with Crippen molar-refractivity contribution in [1.29, 1.82) is 0 Å². The molecule has 0 saturated carbocycles. The number of carbonyl (C=O) groups is 1. The third-order valence-electron chi connectivity index (χ3n) is 4.78. The minimum absolute atomic E-state index is 0.140. The number of benzene rings is 1. The molecule has 2 N–H and O–H groups in total. The number of rotatable bonds is 6. The number of nitrogens with zero attached hydrogens (tertiary/aromatic N) is 4. The summed E-state index contributed by atoms with van der Waals surface area (Å²) in [4.78, 5) is 27.1. The van der Waals surface area contributed by atoms with E-state index in [-0.39, 0.29) is 22.5 Å². The van der Waals surface area contributed by atoms with Gasteiger partial charge < -0.3 is 20.0 Å². The summed E-state index contributed by atoms with van der Waals surface area (Å²) in [5, 5.41) is 6.05. The van der Waals surface area contributed by atoms with Crippen LogP contribution >= 0.6 is 0 Å². The molecule has 2 aromatic heterocycles. The lowest BCUT2D eigenvalue weighted by atomic mass is 10.00. The van der Waals surface area contributed by atoms with Gasteiger partial charge in [-0.05, 0) is 6.07 Å². The van der Waals surface area contributed by atoms with Gasteiger partial charge in [0, 0.05) is 50.3 Å². The maximum atomic E-state index is 14.1. The van der Waals surface area contributed by atoms with Crippen LogP contribution in [-0.4, -0.2) is 46.5 Å². The Hall–Kier alpha value is -3.07. The van der Waals surface area contributed by atoms with Gasteiger partial charge in [-0.1, -0.05) is 13.8 Å².